The van der Waals surface area contributed by atoms with Gasteiger partial charge in [-0.05, 0) is 37.5 Å². The summed E-state index contributed by atoms with van der Waals surface area (Å²) in [5.74, 6) is 1.40. The Balaban J connectivity index is 1.43. The molecular weight excluding hydrogens is 350 g/mol. The van der Waals surface area contributed by atoms with Crippen LogP contribution in [0.3, 0.4) is 0 Å². The van der Waals surface area contributed by atoms with Gasteiger partial charge in [0, 0.05) is 12.6 Å². The fraction of sp³-hybridized carbons (Fsp3) is 0.421. The number of carbonyl (C=O) groups is 2. The number of hydrogen-bond donors (Lipinski definition) is 2. The predicted octanol–water partition coefficient (Wildman–Crippen LogP) is 1.93. The van der Waals surface area contributed by atoms with E-state index in [4.69, 9.17) is 14.0 Å². The summed E-state index contributed by atoms with van der Waals surface area (Å²) in [4.78, 5) is 24.3. The Hall–Kier alpha value is -3.03. The molecular formula is C19H23N3O5. The molecule has 0 radical (unpaired) electrons. The first-order valence-electron chi connectivity index (χ1n) is 8.74. The van der Waals surface area contributed by atoms with E-state index in [1.165, 1.54) is 0 Å². The number of carbonyl (C=O) groups excluding carboxylic acids is 2. The van der Waals surface area contributed by atoms with Crippen molar-refractivity contribution < 1.29 is 23.6 Å². The van der Waals surface area contributed by atoms with Gasteiger partial charge in [0.2, 0.25) is 11.8 Å². The highest BCUT2D eigenvalue weighted by molar-refractivity contribution is 5.99. The highest BCUT2D eigenvalue weighted by Gasteiger charge is 2.48. The van der Waals surface area contributed by atoms with Crippen LogP contribution in [0.1, 0.15) is 17.7 Å². The van der Waals surface area contributed by atoms with Crippen molar-refractivity contribution in [1.82, 2.24) is 10.5 Å². The topological polar surface area (TPSA) is 103 Å². The first kappa shape index (κ1) is 18.8. The number of hydrogen-bond acceptors (Lipinski definition) is 6. The van der Waals surface area contributed by atoms with E-state index < -0.39 is 0 Å². The standard InChI is InChI=1S/C19H23N3O5/c1-11-8-17(22-27-11)21-19(24)14-10-13(14)18(23)20-7-6-12-4-5-15(25-2)16(9-12)26-3/h4-5,8-9,13-14H,6-7,10H2,1-3H3,(H,20,23)(H,21,22,24). The molecule has 1 aromatic carbocycles. The third-order valence-electron chi connectivity index (χ3n) is 4.50. The number of amides is 2. The molecule has 3 rings (SSSR count). The van der Waals surface area contributed by atoms with Crippen LogP contribution >= 0.6 is 0 Å². The van der Waals surface area contributed by atoms with Gasteiger partial charge in [-0.2, -0.15) is 0 Å². The van der Waals surface area contributed by atoms with Gasteiger partial charge < -0.3 is 24.6 Å². The van der Waals surface area contributed by atoms with Crippen LogP contribution in [-0.2, 0) is 16.0 Å². The zero-order chi connectivity index (χ0) is 19.4. The third kappa shape index (κ3) is 4.58. The lowest BCUT2D eigenvalue weighted by Gasteiger charge is -2.10. The maximum absolute atomic E-state index is 12.2. The normalized spacial score (nSPS) is 17.9. The first-order chi connectivity index (χ1) is 13.0. The highest BCUT2D eigenvalue weighted by atomic mass is 16.5. The van der Waals surface area contributed by atoms with E-state index in [2.05, 4.69) is 15.8 Å². The molecule has 1 saturated carbocycles. The fourth-order valence-corrected chi connectivity index (χ4v) is 2.92. The van der Waals surface area contributed by atoms with E-state index in [0.717, 1.165) is 5.56 Å². The first-order valence-corrected chi connectivity index (χ1v) is 8.74. The average molecular weight is 373 g/mol. The highest BCUT2D eigenvalue weighted by Crippen LogP contribution is 2.39. The fourth-order valence-electron chi connectivity index (χ4n) is 2.92. The second kappa shape index (κ2) is 8.11. The number of aromatic nitrogens is 1. The summed E-state index contributed by atoms with van der Waals surface area (Å²) in [6, 6.07) is 7.29. The number of rotatable bonds is 8. The minimum Gasteiger partial charge on any atom is -0.493 e. The van der Waals surface area contributed by atoms with Crippen LogP contribution in [-0.4, -0.2) is 37.7 Å². The molecule has 1 aromatic heterocycles. The minimum absolute atomic E-state index is 0.105. The van der Waals surface area contributed by atoms with Crippen molar-refractivity contribution in [1.29, 1.82) is 0 Å². The predicted molar refractivity (Wildman–Crippen MR) is 97.7 cm³/mol. The molecule has 0 bridgehead atoms. The molecule has 8 heteroatoms. The Morgan fingerprint density at radius 1 is 1.15 bits per heavy atom. The summed E-state index contributed by atoms with van der Waals surface area (Å²) in [5.41, 5.74) is 1.03. The van der Waals surface area contributed by atoms with Crippen LogP contribution in [0, 0.1) is 18.8 Å². The van der Waals surface area contributed by atoms with Gasteiger partial charge in [-0.25, -0.2) is 0 Å². The maximum Gasteiger partial charge on any atom is 0.229 e. The Labute approximate surface area is 157 Å². The summed E-state index contributed by atoms with van der Waals surface area (Å²) in [7, 11) is 3.17. The number of benzene rings is 1. The molecule has 0 saturated heterocycles. The third-order valence-corrected chi connectivity index (χ3v) is 4.50. The van der Waals surface area contributed by atoms with Gasteiger partial charge >= 0.3 is 0 Å². The Bertz CT molecular complexity index is 833. The van der Waals surface area contributed by atoms with Gasteiger partial charge in [-0.1, -0.05) is 11.2 Å². The molecule has 2 aromatic rings. The number of nitrogens with zero attached hydrogens (tertiary/aromatic N) is 1. The molecule has 2 atom stereocenters. The van der Waals surface area contributed by atoms with Crippen molar-refractivity contribution in [3.05, 3.63) is 35.6 Å². The van der Waals surface area contributed by atoms with Gasteiger partial charge in [0.25, 0.3) is 0 Å². The van der Waals surface area contributed by atoms with E-state index in [9.17, 15) is 9.59 Å². The van der Waals surface area contributed by atoms with Gasteiger partial charge in [0.05, 0.1) is 26.1 Å². The summed E-state index contributed by atoms with van der Waals surface area (Å²) in [5, 5.41) is 9.27. The molecule has 27 heavy (non-hydrogen) atoms. The molecule has 0 spiro atoms. The molecule has 2 amide bonds. The summed E-state index contributed by atoms with van der Waals surface area (Å²) in [6.07, 6.45) is 1.21. The number of nitrogens with one attached hydrogen (secondary N) is 2. The van der Waals surface area contributed by atoms with Gasteiger partial charge in [0.1, 0.15) is 5.76 Å². The summed E-state index contributed by atoms with van der Waals surface area (Å²) < 4.78 is 15.4. The summed E-state index contributed by atoms with van der Waals surface area (Å²) in [6.45, 7) is 2.23. The van der Waals surface area contributed by atoms with Gasteiger partial charge in [-0.15, -0.1) is 0 Å². The quantitative estimate of drug-likeness (QED) is 0.733. The molecule has 1 heterocycles. The monoisotopic (exact) mass is 373 g/mol. The van der Waals surface area contributed by atoms with Crippen LogP contribution in [0.25, 0.3) is 0 Å². The maximum atomic E-state index is 12.2. The molecule has 1 aliphatic carbocycles. The molecule has 1 aliphatic rings. The van der Waals surface area contributed by atoms with E-state index >= 15 is 0 Å². The van der Waals surface area contributed by atoms with Crippen molar-refractivity contribution in [2.75, 3.05) is 26.1 Å². The van der Waals surface area contributed by atoms with E-state index in [-0.39, 0.29) is 23.7 Å². The number of methoxy groups -OCH3 is 2. The smallest absolute Gasteiger partial charge is 0.229 e. The minimum atomic E-state index is -0.317. The number of anilines is 1. The van der Waals surface area contributed by atoms with Crippen LogP contribution in [0.5, 0.6) is 11.5 Å². The molecule has 2 N–H and O–H groups in total. The van der Waals surface area contributed by atoms with Crippen LogP contribution < -0.4 is 20.1 Å². The van der Waals surface area contributed by atoms with E-state index in [0.29, 0.717) is 42.5 Å². The molecule has 2 unspecified atom stereocenters. The van der Waals surface area contributed by atoms with Crippen molar-refractivity contribution >= 4 is 17.6 Å². The lowest BCUT2D eigenvalue weighted by molar-refractivity contribution is -0.125. The number of ether oxygens (including phenoxy) is 2. The van der Waals surface area contributed by atoms with Crippen LogP contribution in [0.15, 0.2) is 28.8 Å². The van der Waals surface area contributed by atoms with Crippen LogP contribution in [0.2, 0.25) is 0 Å². The lowest BCUT2D eigenvalue weighted by atomic mass is 10.1. The Morgan fingerprint density at radius 3 is 2.56 bits per heavy atom. The molecule has 1 fully saturated rings. The SMILES string of the molecule is COc1ccc(CCNC(=O)C2CC2C(=O)Nc2cc(C)on2)cc1OC. The second-order valence-electron chi connectivity index (χ2n) is 6.49. The van der Waals surface area contributed by atoms with E-state index in [1.807, 2.05) is 18.2 Å². The van der Waals surface area contributed by atoms with E-state index in [1.54, 1.807) is 27.2 Å². The van der Waals surface area contributed by atoms with Crippen molar-refractivity contribution in [3.63, 3.8) is 0 Å². The van der Waals surface area contributed by atoms with Crippen molar-refractivity contribution in [2.24, 2.45) is 11.8 Å². The largest absolute Gasteiger partial charge is 0.493 e. The van der Waals surface area contributed by atoms with Crippen molar-refractivity contribution in [3.8, 4) is 11.5 Å². The number of aryl methyl sites for hydroxylation is 1. The molecule has 0 aliphatic heterocycles. The van der Waals surface area contributed by atoms with Gasteiger partial charge in [0.15, 0.2) is 17.3 Å². The zero-order valence-corrected chi connectivity index (χ0v) is 15.6. The van der Waals surface area contributed by atoms with Gasteiger partial charge in [-0.3, -0.25) is 9.59 Å². The Kier molecular flexibility index (Phi) is 5.63. The van der Waals surface area contributed by atoms with Crippen LogP contribution in [0.4, 0.5) is 5.82 Å². The second-order valence-corrected chi connectivity index (χ2v) is 6.49. The zero-order valence-electron chi connectivity index (χ0n) is 15.6. The Morgan fingerprint density at radius 2 is 1.89 bits per heavy atom. The summed E-state index contributed by atoms with van der Waals surface area (Å²) >= 11 is 0. The molecule has 144 valence electrons. The molecule has 8 nitrogen and oxygen atoms in total. The van der Waals surface area contributed by atoms with Crippen molar-refractivity contribution in [2.45, 2.75) is 19.8 Å². The average Bonchev–Trinajstić information content (AvgIpc) is 3.38. The lowest BCUT2D eigenvalue weighted by Crippen LogP contribution is -2.29.